The maximum Gasteiger partial charge on any atom is 0.387 e. The number of carboxylic acid groups (broad SMARTS) is 1. The minimum absolute atomic E-state index is 0.109. The zero-order valence-corrected chi connectivity index (χ0v) is 21.4. The van der Waals surface area contributed by atoms with Gasteiger partial charge in [0.25, 0.3) is 0 Å². The van der Waals surface area contributed by atoms with E-state index < -0.39 is 29.9 Å². The number of hydrogen-bond acceptors (Lipinski definition) is 4. The third-order valence-corrected chi connectivity index (χ3v) is 8.43. The molecule has 200 valence electrons. The summed E-state index contributed by atoms with van der Waals surface area (Å²) in [6.07, 6.45) is 4.61. The van der Waals surface area contributed by atoms with Gasteiger partial charge in [-0.3, -0.25) is 9.69 Å². The second kappa shape index (κ2) is 10.4. The lowest BCUT2D eigenvalue weighted by molar-refractivity contribution is -0.142. The van der Waals surface area contributed by atoms with Gasteiger partial charge in [0, 0.05) is 36.1 Å². The third kappa shape index (κ3) is 5.55. The Labute approximate surface area is 219 Å². The fourth-order valence-electron chi connectivity index (χ4n) is 5.94. The van der Waals surface area contributed by atoms with Crippen LogP contribution in [0.15, 0.2) is 30.3 Å². The predicted octanol–water partition coefficient (Wildman–Crippen LogP) is 6.65. The third-order valence-electron chi connectivity index (χ3n) is 8.19. The first-order valence-corrected chi connectivity index (χ1v) is 13.2. The summed E-state index contributed by atoms with van der Waals surface area (Å²) in [5, 5.41) is 10.1. The molecule has 1 spiro atoms. The molecule has 0 aromatic heterocycles. The highest BCUT2D eigenvalue weighted by atomic mass is 35.5. The van der Waals surface area contributed by atoms with E-state index in [0.717, 1.165) is 24.8 Å². The number of carbonyl (C=O) groups is 1. The molecule has 1 saturated heterocycles. The lowest BCUT2D eigenvalue weighted by Gasteiger charge is -2.45. The van der Waals surface area contributed by atoms with Crippen LogP contribution in [0.3, 0.4) is 0 Å². The number of benzene rings is 2. The summed E-state index contributed by atoms with van der Waals surface area (Å²) in [6.45, 7) is 0.443. The molecule has 1 saturated carbocycles. The number of halogens is 4. The normalized spacial score (nSPS) is 20.8. The van der Waals surface area contributed by atoms with E-state index in [2.05, 4.69) is 9.64 Å². The van der Waals surface area contributed by atoms with E-state index >= 15 is 4.39 Å². The molecule has 0 radical (unpaired) electrons. The van der Waals surface area contributed by atoms with Gasteiger partial charge in [0.1, 0.15) is 11.4 Å². The molecule has 2 heterocycles. The van der Waals surface area contributed by atoms with Crippen molar-refractivity contribution < 1.29 is 32.5 Å². The van der Waals surface area contributed by atoms with Crippen molar-refractivity contribution in [2.45, 2.75) is 70.1 Å². The first kappa shape index (κ1) is 26.2. The number of hydrogen-bond donors (Lipinski definition) is 1. The molecule has 5 rings (SSSR count). The molecule has 1 aliphatic carbocycles. The lowest BCUT2D eigenvalue weighted by Crippen LogP contribution is -2.49. The second-order valence-electron chi connectivity index (χ2n) is 10.6. The van der Waals surface area contributed by atoms with Gasteiger partial charge < -0.3 is 14.6 Å². The van der Waals surface area contributed by atoms with Crippen molar-refractivity contribution in [2.24, 2.45) is 11.8 Å². The Morgan fingerprint density at radius 1 is 1.22 bits per heavy atom. The molecule has 1 N–H and O–H groups in total. The largest absolute Gasteiger partial charge is 0.484 e. The standard InChI is InChI=1S/C28H31ClF3NO4/c1-16(26(34)35)23(17-2-3-17)21-6-4-18-8-9-28(37-25(18)24(21)30)10-12-33(13-11-28)15-19-14-20(29)5-7-22(19)36-27(31)32/h4-7,14,16-17,23,27H,2-3,8-13,15H2,1H3,(H,34,35)/t16-,23-/m0/s1. The van der Waals surface area contributed by atoms with Crippen molar-refractivity contribution in [2.75, 3.05) is 13.1 Å². The van der Waals surface area contributed by atoms with Gasteiger partial charge in [-0.25, -0.2) is 4.39 Å². The van der Waals surface area contributed by atoms with Crippen LogP contribution in [0.1, 0.15) is 61.6 Å². The molecule has 9 heteroatoms. The number of rotatable bonds is 8. The van der Waals surface area contributed by atoms with E-state index in [1.165, 1.54) is 12.1 Å². The molecule has 2 aromatic carbocycles. The molecule has 2 atom stereocenters. The van der Waals surface area contributed by atoms with E-state index in [0.29, 0.717) is 55.0 Å². The van der Waals surface area contributed by atoms with Gasteiger partial charge in [-0.2, -0.15) is 8.78 Å². The Kier molecular flexibility index (Phi) is 7.33. The van der Waals surface area contributed by atoms with Gasteiger partial charge in [-0.05, 0) is 73.8 Å². The quantitative estimate of drug-likeness (QED) is 0.408. The molecule has 37 heavy (non-hydrogen) atoms. The maximum atomic E-state index is 15.9. The van der Waals surface area contributed by atoms with Gasteiger partial charge in [0.05, 0.1) is 5.92 Å². The van der Waals surface area contributed by atoms with Crippen molar-refractivity contribution in [3.05, 3.63) is 57.9 Å². The summed E-state index contributed by atoms with van der Waals surface area (Å²) < 4.78 is 52.6. The molecule has 0 unspecified atom stereocenters. The zero-order chi connectivity index (χ0) is 26.3. The van der Waals surface area contributed by atoms with E-state index in [-0.39, 0.29) is 23.3 Å². The van der Waals surface area contributed by atoms with E-state index in [4.69, 9.17) is 16.3 Å². The number of piperidine rings is 1. The van der Waals surface area contributed by atoms with Crippen molar-refractivity contribution in [3.8, 4) is 11.5 Å². The summed E-state index contributed by atoms with van der Waals surface area (Å²) >= 11 is 6.10. The minimum atomic E-state index is -2.92. The van der Waals surface area contributed by atoms with Crippen LogP contribution in [0.5, 0.6) is 11.5 Å². The molecule has 5 nitrogen and oxygen atoms in total. The average Bonchev–Trinajstić information content (AvgIpc) is 3.69. The monoisotopic (exact) mass is 537 g/mol. The number of likely N-dealkylation sites (tertiary alicyclic amines) is 1. The van der Waals surface area contributed by atoms with E-state index in [9.17, 15) is 18.7 Å². The van der Waals surface area contributed by atoms with Crippen LogP contribution in [0, 0.1) is 17.7 Å². The fraction of sp³-hybridized carbons (Fsp3) is 0.536. The first-order valence-electron chi connectivity index (χ1n) is 12.8. The molecular weight excluding hydrogens is 507 g/mol. The number of carboxylic acids is 1. The SMILES string of the molecule is C[C@H](C(=O)O)[C@H](c1ccc2c(c1F)OC1(CC2)CCN(Cc2cc(Cl)ccc2OC(F)F)CC1)C1CC1. The number of ether oxygens (including phenoxy) is 2. The molecule has 2 aliphatic heterocycles. The van der Waals surface area contributed by atoms with Crippen LogP contribution in [-0.2, 0) is 17.8 Å². The Hall–Kier alpha value is -2.45. The van der Waals surface area contributed by atoms with Crippen LogP contribution in [-0.4, -0.2) is 41.3 Å². The second-order valence-corrected chi connectivity index (χ2v) is 11.1. The number of alkyl halides is 2. The summed E-state index contributed by atoms with van der Waals surface area (Å²) in [5.41, 5.74) is 1.35. The fourth-order valence-corrected chi connectivity index (χ4v) is 6.14. The summed E-state index contributed by atoms with van der Waals surface area (Å²) in [6, 6.07) is 8.27. The number of nitrogens with zero attached hydrogens (tertiary/aromatic N) is 1. The van der Waals surface area contributed by atoms with E-state index in [1.807, 2.05) is 6.07 Å². The van der Waals surface area contributed by atoms with Crippen LogP contribution < -0.4 is 9.47 Å². The van der Waals surface area contributed by atoms with Crippen LogP contribution in [0.25, 0.3) is 0 Å². The van der Waals surface area contributed by atoms with Crippen molar-refractivity contribution >= 4 is 17.6 Å². The Morgan fingerprint density at radius 3 is 2.59 bits per heavy atom. The Balaban J connectivity index is 1.30. The topological polar surface area (TPSA) is 59.0 Å². The highest BCUT2D eigenvalue weighted by molar-refractivity contribution is 6.30. The minimum Gasteiger partial charge on any atom is -0.484 e. The van der Waals surface area contributed by atoms with Crippen molar-refractivity contribution in [3.63, 3.8) is 0 Å². The van der Waals surface area contributed by atoms with Gasteiger partial charge in [0.2, 0.25) is 0 Å². The van der Waals surface area contributed by atoms with Gasteiger partial charge in [0.15, 0.2) is 11.6 Å². The smallest absolute Gasteiger partial charge is 0.387 e. The summed E-state index contributed by atoms with van der Waals surface area (Å²) in [4.78, 5) is 13.9. The Bertz CT molecular complexity index is 1160. The molecule has 0 amide bonds. The molecule has 2 fully saturated rings. The van der Waals surface area contributed by atoms with Crippen LogP contribution >= 0.6 is 11.6 Å². The number of fused-ring (bicyclic) bond motifs is 1. The van der Waals surface area contributed by atoms with Crippen LogP contribution in [0.2, 0.25) is 5.02 Å². The zero-order valence-electron chi connectivity index (χ0n) is 20.7. The van der Waals surface area contributed by atoms with Crippen LogP contribution in [0.4, 0.5) is 13.2 Å². The number of aryl methyl sites for hydroxylation is 1. The molecule has 0 bridgehead atoms. The van der Waals surface area contributed by atoms with Gasteiger partial charge in [-0.1, -0.05) is 30.7 Å². The van der Waals surface area contributed by atoms with Gasteiger partial charge >= 0.3 is 12.6 Å². The highest BCUT2D eigenvalue weighted by Crippen LogP contribution is 2.50. The molecule has 2 aromatic rings. The Morgan fingerprint density at radius 2 is 1.95 bits per heavy atom. The molecule has 3 aliphatic rings. The predicted molar refractivity (Wildman–Crippen MR) is 133 cm³/mol. The average molecular weight is 538 g/mol. The van der Waals surface area contributed by atoms with E-state index in [1.54, 1.807) is 19.1 Å². The summed E-state index contributed by atoms with van der Waals surface area (Å²) in [5.74, 6) is -1.82. The first-order chi connectivity index (χ1) is 17.7. The van der Waals surface area contributed by atoms with Crippen molar-refractivity contribution in [1.82, 2.24) is 4.90 Å². The molecular formula is C28H31ClF3NO4. The lowest BCUT2D eigenvalue weighted by atomic mass is 9.80. The summed E-state index contributed by atoms with van der Waals surface area (Å²) in [7, 11) is 0. The van der Waals surface area contributed by atoms with Gasteiger partial charge in [-0.15, -0.1) is 0 Å². The van der Waals surface area contributed by atoms with Crippen molar-refractivity contribution in [1.29, 1.82) is 0 Å². The number of aliphatic carboxylic acids is 1. The highest BCUT2D eigenvalue weighted by Gasteiger charge is 2.44. The maximum absolute atomic E-state index is 15.9.